The monoisotopic (exact) mass is 309 g/mol. The average Bonchev–Trinajstić information content (AvgIpc) is 2.95. The molecule has 6 heteroatoms. The first kappa shape index (κ1) is 13.5. The molecule has 0 radical (unpaired) electrons. The number of nitrogens with zero attached hydrogens (tertiary/aromatic N) is 3. The summed E-state index contributed by atoms with van der Waals surface area (Å²) >= 11 is 12.3. The third-order valence-corrected chi connectivity index (χ3v) is 3.96. The van der Waals surface area contributed by atoms with Crippen LogP contribution in [0.1, 0.15) is 22.8 Å². The highest BCUT2D eigenvalue weighted by molar-refractivity contribution is 6.35. The SMILES string of the molecule is Cc1noc(C)c1Cn1c(CCl)nc2cccc(Cl)c21. The van der Waals surface area contributed by atoms with Gasteiger partial charge in [-0.2, -0.15) is 0 Å². The molecule has 0 fully saturated rings. The number of para-hydroxylation sites is 1. The Hall–Kier alpha value is -1.52. The topological polar surface area (TPSA) is 43.9 Å². The second-order valence-corrected chi connectivity index (χ2v) is 5.33. The molecular formula is C14H13Cl2N3O. The van der Waals surface area contributed by atoms with Gasteiger partial charge in [-0.25, -0.2) is 4.98 Å². The van der Waals surface area contributed by atoms with E-state index in [2.05, 4.69) is 10.1 Å². The zero-order chi connectivity index (χ0) is 14.3. The van der Waals surface area contributed by atoms with Crippen LogP contribution < -0.4 is 0 Å². The number of imidazole rings is 1. The lowest BCUT2D eigenvalue weighted by Gasteiger charge is -2.08. The number of aromatic nitrogens is 3. The van der Waals surface area contributed by atoms with Gasteiger partial charge in [0.25, 0.3) is 0 Å². The number of hydrogen-bond donors (Lipinski definition) is 0. The molecule has 3 aromatic rings. The lowest BCUT2D eigenvalue weighted by atomic mass is 10.2. The fourth-order valence-corrected chi connectivity index (χ4v) is 2.82. The molecule has 0 bridgehead atoms. The highest BCUT2D eigenvalue weighted by atomic mass is 35.5. The van der Waals surface area contributed by atoms with Crippen molar-refractivity contribution in [2.75, 3.05) is 0 Å². The van der Waals surface area contributed by atoms with Crippen LogP contribution in [0.5, 0.6) is 0 Å². The molecule has 20 heavy (non-hydrogen) atoms. The number of hydrogen-bond acceptors (Lipinski definition) is 3. The van der Waals surface area contributed by atoms with Crippen molar-refractivity contribution >= 4 is 34.2 Å². The molecule has 0 saturated heterocycles. The van der Waals surface area contributed by atoms with Gasteiger partial charge in [-0.15, -0.1) is 11.6 Å². The zero-order valence-corrected chi connectivity index (χ0v) is 12.7. The summed E-state index contributed by atoms with van der Waals surface area (Å²) in [4.78, 5) is 4.53. The maximum absolute atomic E-state index is 6.31. The summed E-state index contributed by atoms with van der Waals surface area (Å²) in [6, 6.07) is 5.67. The summed E-state index contributed by atoms with van der Waals surface area (Å²) in [5.74, 6) is 1.92. The summed E-state index contributed by atoms with van der Waals surface area (Å²) in [7, 11) is 0. The van der Waals surface area contributed by atoms with E-state index < -0.39 is 0 Å². The van der Waals surface area contributed by atoms with Gasteiger partial charge in [-0.3, -0.25) is 0 Å². The minimum absolute atomic E-state index is 0.328. The van der Waals surface area contributed by atoms with Crippen LogP contribution in [0.3, 0.4) is 0 Å². The Morgan fingerprint density at radius 3 is 2.75 bits per heavy atom. The Bertz CT molecular complexity index is 757. The quantitative estimate of drug-likeness (QED) is 0.685. The first-order valence-corrected chi connectivity index (χ1v) is 7.14. The first-order valence-electron chi connectivity index (χ1n) is 6.23. The molecule has 0 N–H and O–H groups in total. The molecule has 0 amide bonds. The predicted molar refractivity (Wildman–Crippen MR) is 79.4 cm³/mol. The Morgan fingerprint density at radius 2 is 2.10 bits per heavy atom. The minimum Gasteiger partial charge on any atom is -0.361 e. The van der Waals surface area contributed by atoms with Gasteiger partial charge in [-0.05, 0) is 26.0 Å². The molecule has 0 aliphatic heterocycles. The highest BCUT2D eigenvalue weighted by Crippen LogP contribution is 2.27. The summed E-state index contributed by atoms with van der Waals surface area (Å²) < 4.78 is 7.24. The molecule has 0 atom stereocenters. The number of halogens is 2. The largest absolute Gasteiger partial charge is 0.361 e. The zero-order valence-electron chi connectivity index (χ0n) is 11.2. The summed E-state index contributed by atoms with van der Waals surface area (Å²) in [6.45, 7) is 4.42. The third kappa shape index (κ3) is 2.09. The van der Waals surface area contributed by atoms with Crippen LogP contribution in [-0.2, 0) is 12.4 Å². The van der Waals surface area contributed by atoms with Crippen molar-refractivity contribution in [3.05, 3.63) is 46.1 Å². The molecule has 0 spiro atoms. The molecule has 1 aromatic carbocycles. The van der Waals surface area contributed by atoms with Crippen LogP contribution in [-0.4, -0.2) is 14.7 Å². The summed E-state index contributed by atoms with van der Waals surface area (Å²) in [5.41, 5.74) is 3.65. The van der Waals surface area contributed by atoms with Crippen molar-refractivity contribution in [3.63, 3.8) is 0 Å². The van der Waals surface area contributed by atoms with E-state index in [1.165, 1.54) is 0 Å². The van der Waals surface area contributed by atoms with E-state index >= 15 is 0 Å². The Labute approximate surface area is 126 Å². The lowest BCUT2D eigenvalue weighted by molar-refractivity contribution is 0.392. The van der Waals surface area contributed by atoms with Crippen LogP contribution in [0.15, 0.2) is 22.7 Å². The van der Waals surface area contributed by atoms with Crippen molar-refractivity contribution < 1.29 is 4.52 Å². The fourth-order valence-electron chi connectivity index (χ4n) is 2.35. The van der Waals surface area contributed by atoms with Gasteiger partial charge in [0.05, 0.1) is 34.2 Å². The molecule has 4 nitrogen and oxygen atoms in total. The maximum atomic E-state index is 6.31. The van der Waals surface area contributed by atoms with Crippen molar-refractivity contribution in [3.8, 4) is 0 Å². The number of fused-ring (bicyclic) bond motifs is 1. The van der Waals surface area contributed by atoms with E-state index in [0.29, 0.717) is 17.4 Å². The van der Waals surface area contributed by atoms with E-state index in [9.17, 15) is 0 Å². The Morgan fingerprint density at radius 1 is 1.30 bits per heavy atom. The third-order valence-electron chi connectivity index (χ3n) is 3.41. The van der Waals surface area contributed by atoms with Crippen molar-refractivity contribution in [1.29, 1.82) is 0 Å². The predicted octanol–water partition coefficient (Wildman–Crippen LogP) is 4.08. The van der Waals surface area contributed by atoms with Gasteiger partial charge in [0.15, 0.2) is 0 Å². The highest BCUT2D eigenvalue weighted by Gasteiger charge is 2.16. The van der Waals surface area contributed by atoms with Crippen LogP contribution in [0.2, 0.25) is 5.02 Å². The smallest absolute Gasteiger partial charge is 0.138 e. The second-order valence-electron chi connectivity index (χ2n) is 4.66. The maximum Gasteiger partial charge on any atom is 0.138 e. The van der Waals surface area contributed by atoms with Crippen molar-refractivity contribution in [2.24, 2.45) is 0 Å². The van der Waals surface area contributed by atoms with Gasteiger partial charge in [-0.1, -0.05) is 22.8 Å². The van der Waals surface area contributed by atoms with Gasteiger partial charge in [0, 0.05) is 5.56 Å². The van der Waals surface area contributed by atoms with E-state index in [-0.39, 0.29) is 0 Å². The molecule has 3 rings (SSSR count). The van der Waals surface area contributed by atoms with Gasteiger partial charge in [0.1, 0.15) is 11.6 Å². The van der Waals surface area contributed by atoms with Crippen LogP contribution in [0, 0.1) is 13.8 Å². The summed E-state index contributed by atoms with van der Waals surface area (Å²) in [6.07, 6.45) is 0. The minimum atomic E-state index is 0.328. The van der Waals surface area contributed by atoms with Crippen LogP contribution in [0.4, 0.5) is 0 Å². The van der Waals surface area contributed by atoms with Crippen molar-refractivity contribution in [2.45, 2.75) is 26.3 Å². The van der Waals surface area contributed by atoms with Crippen LogP contribution in [0.25, 0.3) is 11.0 Å². The van der Waals surface area contributed by atoms with Crippen molar-refractivity contribution in [1.82, 2.24) is 14.7 Å². The number of benzene rings is 1. The number of aryl methyl sites for hydroxylation is 2. The van der Waals surface area contributed by atoms with E-state index in [1.54, 1.807) is 0 Å². The molecule has 104 valence electrons. The standard InChI is InChI=1S/C14H13Cl2N3O/c1-8-10(9(2)20-18-8)7-19-13(6-15)17-12-5-3-4-11(16)14(12)19/h3-5H,6-7H2,1-2H3. The second kappa shape index (κ2) is 5.11. The van der Waals surface area contributed by atoms with Gasteiger partial charge in [0.2, 0.25) is 0 Å². The Balaban J connectivity index is 2.20. The summed E-state index contributed by atoms with van der Waals surface area (Å²) in [5, 5.41) is 4.64. The molecular weight excluding hydrogens is 297 g/mol. The Kier molecular flexibility index (Phi) is 3.44. The fraction of sp³-hybridized carbons (Fsp3) is 0.286. The molecule has 0 saturated carbocycles. The molecule has 0 aliphatic rings. The average molecular weight is 310 g/mol. The van der Waals surface area contributed by atoms with Gasteiger partial charge < -0.3 is 9.09 Å². The number of alkyl halides is 1. The van der Waals surface area contributed by atoms with E-state index in [4.69, 9.17) is 27.7 Å². The molecule has 2 heterocycles. The number of rotatable bonds is 3. The normalized spacial score (nSPS) is 11.4. The first-order chi connectivity index (χ1) is 9.61. The molecule has 0 unspecified atom stereocenters. The van der Waals surface area contributed by atoms with E-state index in [1.807, 2.05) is 36.6 Å². The van der Waals surface area contributed by atoms with E-state index in [0.717, 1.165) is 33.9 Å². The van der Waals surface area contributed by atoms with Gasteiger partial charge >= 0.3 is 0 Å². The lowest BCUT2D eigenvalue weighted by Crippen LogP contribution is -2.05. The molecule has 0 aliphatic carbocycles. The molecule has 2 aromatic heterocycles. The van der Waals surface area contributed by atoms with Crippen LogP contribution >= 0.6 is 23.2 Å².